The van der Waals surface area contributed by atoms with Crippen LogP contribution in [0.25, 0.3) is 11.1 Å². The molecule has 3 aliphatic rings. The molecule has 0 spiro atoms. The Bertz CT molecular complexity index is 1920. The zero-order valence-electron chi connectivity index (χ0n) is 31.3. The van der Waals surface area contributed by atoms with Gasteiger partial charge in [-0.15, -0.1) is 11.3 Å². The van der Waals surface area contributed by atoms with E-state index in [4.69, 9.17) is 4.74 Å². The fourth-order valence-corrected chi connectivity index (χ4v) is 9.52. The Kier molecular flexibility index (Phi) is 12.6. The molecule has 13 heteroatoms. The van der Waals surface area contributed by atoms with Gasteiger partial charge in [0, 0.05) is 86.0 Å². The number of thiazole rings is 1. The van der Waals surface area contributed by atoms with Gasteiger partial charge in [-0.1, -0.05) is 30.3 Å². The summed E-state index contributed by atoms with van der Waals surface area (Å²) >= 11 is 3.34. The van der Waals surface area contributed by atoms with E-state index in [9.17, 15) is 14.0 Å². The second kappa shape index (κ2) is 17.7. The summed E-state index contributed by atoms with van der Waals surface area (Å²) in [4.78, 5) is 39.7. The summed E-state index contributed by atoms with van der Waals surface area (Å²) in [6, 6.07) is 16.7. The zero-order valence-corrected chi connectivity index (χ0v) is 32.9. The molecule has 4 heterocycles. The molecule has 7 rings (SSSR count). The van der Waals surface area contributed by atoms with Gasteiger partial charge in [-0.3, -0.25) is 19.4 Å². The molecule has 2 amide bonds. The standard InChI is InChI=1S/C41H50FN7O3S2/c1-26-21-49(22-27(2)44-26)23-29-7-12-36(31(17-29)24-48-13-15-53-16-14-48)30-5-4-6-35(18-30)52-40-37(19-32(42)20-43-40)38(50)46-33-8-10-34(11-9-33)47-39(51)41-45-28(3)25-54-41/h4-7,12,17-20,25-27,33-34,44H,8-11,13-16,21-24H2,1-3H3,(H,46,50)(H,47,51)/t26-,27+,33-,34-. The number of hydrogen-bond donors (Lipinski definition) is 3. The lowest BCUT2D eigenvalue weighted by atomic mass is 9.91. The number of ether oxygens (including phenoxy) is 1. The van der Waals surface area contributed by atoms with Gasteiger partial charge in [0.2, 0.25) is 5.88 Å². The largest absolute Gasteiger partial charge is 0.438 e. The van der Waals surface area contributed by atoms with E-state index in [1.54, 1.807) is 0 Å². The van der Waals surface area contributed by atoms with E-state index >= 15 is 0 Å². The minimum absolute atomic E-state index is 0.00675. The molecular formula is C41H50FN7O3S2. The molecule has 2 saturated heterocycles. The average Bonchev–Trinajstić information content (AvgIpc) is 3.60. The highest BCUT2D eigenvalue weighted by atomic mass is 32.2. The molecule has 286 valence electrons. The molecule has 4 aromatic rings. The lowest BCUT2D eigenvalue weighted by Gasteiger charge is -2.36. The summed E-state index contributed by atoms with van der Waals surface area (Å²) in [5, 5.41) is 12.1. The fourth-order valence-electron chi connectivity index (χ4n) is 7.85. The Labute approximate surface area is 325 Å². The van der Waals surface area contributed by atoms with Crippen molar-refractivity contribution in [3.8, 4) is 22.8 Å². The van der Waals surface area contributed by atoms with Crippen LogP contribution < -0.4 is 20.7 Å². The van der Waals surface area contributed by atoms with Crippen molar-refractivity contribution < 1.29 is 18.7 Å². The molecule has 3 fully saturated rings. The van der Waals surface area contributed by atoms with Crippen LogP contribution in [-0.2, 0) is 13.1 Å². The van der Waals surface area contributed by atoms with E-state index in [2.05, 4.69) is 73.8 Å². The van der Waals surface area contributed by atoms with Gasteiger partial charge < -0.3 is 20.7 Å². The van der Waals surface area contributed by atoms with Crippen LogP contribution in [0.15, 0.2) is 60.1 Å². The number of nitrogens with one attached hydrogen (secondary N) is 3. The topological polar surface area (TPSA) is 112 Å². The number of piperazine rings is 1. The van der Waals surface area contributed by atoms with Crippen LogP contribution in [0.1, 0.15) is 76.5 Å². The van der Waals surface area contributed by atoms with Crippen LogP contribution in [0.3, 0.4) is 0 Å². The van der Waals surface area contributed by atoms with Crippen LogP contribution in [0.4, 0.5) is 4.39 Å². The number of pyridine rings is 1. The second-order valence-corrected chi connectivity index (χ2v) is 17.1. The fraction of sp³-hybridized carbons (Fsp3) is 0.463. The van der Waals surface area contributed by atoms with Gasteiger partial charge in [0.05, 0.1) is 6.20 Å². The number of thioether (sulfide) groups is 1. The van der Waals surface area contributed by atoms with Crippen molar-refractivity contribution in [2.45, 2.75) is 83.7 Å². The summed E-state index contributed by atoms with van der Waals surface area (Å²) in [6.07, 6.45) is 3.86. The molecule has 2 aromatic heterocycles. The second-order valence-electron chi connectivity index (χ2n) is 15.0. The van der Waals surface area contributed by atoms with Crippen LogP contribution in [-0.4, -0.2) is 93.4 Å². The van der Waals surface area contributed by atoms with E-state index in [1.807, 2.05) is 42.3 Å². The summed E-state index contributed by atoms with van der Waals surface area (Å²) in [5.41, 5.74) is 5.60. The lowest BCUT2D eigenvalue weighted by molar-refractivity contribution is 0.0890. The maximum absolute atomic E-state index is 14.5. The molecule has 10 nitrogen and oxygen atoms in total. The summed E-state index contributed by atoms with van der Waals surface area (Å²) in [6.45, 7) is 12.3. The van der Waals surface area contributed by atoms with Gasteiger partial charge in [-0.05, 0) is 86.9 Å². The number of rotatable bonds is 11. The highest BCUT2D eigenvalue weighted by Crippen LogP contribution is 2.33. The van der Waals surface area contributed by atoms with E-state index in [1.165, 1.54) is 28.5 Å². The van der Waals surface area contributed by atoms with Gasteiger partial charge in [-0.2, -0.15) is 11.8 Å². The van der Waals surface area contributed by atoms with Crippen LogP contribution in [0.2, 0.25) is 0 Å². The normalized spacial score (nSPS) is 22.4. The predicted molar refractivity (Wildman–Crippen MR) is 214 cm³/mol. The number of aromatic nitrogens is 2. The van der Waals surface area contributed by atoms with Crippen molar-refractivity contribution in [1.82, 2.24) is 35.7 Å². The number of amides is 2. The maximum atomic E-state index is 14.5. The van der Waals surface area contributed by atoms with Crippen molar-refractivity contribution in [2.75, 3.05) is 37.7 Å². The van der Waals surface area contributed by atoms with Crippen LogP contribution in [0.5, 0.6) is 11.6 Å². The molecule has 0 radical (unpaired) electrons. The van der Waals surface area contributed by atoms with E-state index in [0.717, 1.165) is 73.8 Å². The highest BCUT2D eigenvalue weighted by Gasteiger charge is 2.27. The third kappa shape index (κ3) is 10.0. The highest BCUT2D eigenvalue weighted by molar-refractivity contribution is 7.99. The monoisotopic (exact) mass is 771 g/mol. The predicted octanol–water partition coefficient (Wildman–Crippen LogP) is 6.65. The van der Waals surface area contributed by atoms with Crippen LogP contribution in [0, 0.1) is 12.7 Å². The molecule has 2 aromatic carbocycles. The molecule has 2 aliphatic heterocycles. The Morgan fingerprint density at radius 2 is 1.65 bits per heavy atom. The van der Waals surface area contributed by atoms with E-state index < -0.39 is 11.7 Å². The van der Waals surface area contributed by atoms with Gasteiger partial charge >= 0.3 is 0 Å². The first kappa shape index (κ1) is 38.4. The first-order valence-corrected chi connectivity index (χ1v) is 21.1. The third-order valence-electron chi connectivity index (χ3n) is 10.3. The molecule has 3 N–H and O–H groups in total. The van der Waals surface area contributed by atoms with Crippen molar-refractivity contribution in [3.05, 3.63) is 93.3 Å². The Morgan fingerprint density at radius 3 is 2.35 bits per heavy atom. The number of hydrogen-bond acceptors (Lipinski definition) is 10. The molecule has 0 unspecified atom stereocenters. The molecule has 1 aliphatic carbocycles. The van der Waals surface area contributed by atoms with Crippen molar-refractivity contribution in [2.24, 2.45) is 0 Å². The SMILES string of the molecule is Cc1csc(C(=O)N[C@H]2CC[C@H](NC(=O)c3cc(F)cnc3Oc3cccc(-c4ccc(CN5C[C@@H](C)N[C@@H](C)C5)cc4CN4CCSCC4)c3)CC2)n1. The smallest absolute Gasteiger partial charge is 0.280 e. The molecule has 1 saturated carbocycles. The molecule has 54 heavy (non-hydrogen) atoms. The minimum Gasteiger partial charge on any atom is -0.438 e. The third-order valence-corrected chi connectivity index (χ3v) is 12.2. The van der Waals surface area contributed by atoms with E-state index in [-0.39, 0.29) is 29.4 Å². The van der Waals surface area contributed by atoms with Gasteiger partial charge in [0.1, 0.15) is 17.1 Å². The van der Waals surface area contributed by atoms with Crippen molar-refractivity contribution in [3.63, 3.8) is 0 Å². The Hall–Kier alpha value is -3.88. The number of carbonyl (C=O) groups is 2. The number of aryl methyl sites for hydroxylation is 1. The van der Waals surface area contributed by atoms with Crippen molar-refractivity contribution in [1.29, 1.82) is 0 Å². The molecule has 0 bridgehead atoms. The zero-order chi connectivity index (χ0) is 37.6. The summed E-state index contributed by atoms with van der Waals surface area (Å²) < 4.78 is 20.8. The van der Waals surface area contributed by atoms with Gasteiger partial charge in [-0.25, -0.2) is 14.4 Å². The van der Waals surface area contributed by atoms with Crippen molar-refractivity contribution >= 4 is 34.9 Å². The Morgan fingerprint density at radius 1 is 0.926 bits per heavy atom. The molecule has 2 atom stereocenters. The van der Waals surface area contributed by atoms with Gasteiger partial charge in [0.15, 0.2) is 5.01 Å². The number of nitrogens with zero attached hydrogens (tertiary/aromatic N) is 4. The Balaban J connectivity index is 1.04. The van der Waals surface area contributed by atoms with Crippen LogP contribution >= 0.6 is 23.1 Å². The average molecular weight is 772 g/mol. The first-order valence-electron chi connectivity index (χ1n) is 19.0. The number of carbonyl (C=O) groups excluding carboxylic acids is 2. The maximum Gasteiger partial charge on any atom is 0.280 e. The quantitative estimate of drug-likeness (QED) is 0.155. The number of benzene rings is 2. The number of halogens is 1. The van der Waals surface area contributed by atoms with Gasteiger partial charge in [0.25, 0.3) is 11.8 Å². The van der Waals surface area contributed by atoms with E-state index in [0.29, 0.717) is 48.5 Å². The lowest BCUT2D eigenvalue weighted by Crippen LogP contribution is -2.53. The summed E-state index contributed by atoms with van der Waals surface area (Å²) in [5.74, 6) is 1.63. The molecular weight excluding hydrogens is 722 g/mol. The minimum atomic E-state index is -0.615. The summed E-state index contributed by atoms with van der Waals surface area (Å²) in [7, 11) is 0. The first-order chi connectivity index (χ1) is 26.1.